The van der Waals surface area contributed by atoms with Crippen LogP contribution in [0.3, 0.4) is 0 Å². The van der Waals surface area contributed by atoms with Crippen LogP contribution >= 0.6 is 0 Å². The Kier molecular flexibility index (Phi) is 2.67. The Labute approximate surface area is 96.7 Å². The molecule has 2 rings (SSSR count). The van der Waals surface area contributed by atoms with Gasteiger partial charge in [-0.3, -0.25) is 0 Å². The summed E-state index contributed by atoms with van der Waals surface area (Å²) in [5.74, 6) is 5.50. The second kappa shape index (κ2) is 4.13. The summed E-state index contributed by atoms with van der Waals surface area (Å²) in [5.41, 5.74) is 1.71. The quantitative estimate of drug-likeness (QED) is 0.617. The topological polar surface area (TPSA) is 0 Å². The van der Waals surface area contributed by atoms with Gasteiger partial charge in [-0.05, 0) is 18.1 Å². The predicted molar refractivity (Wildman–Crippen MR) is 67.6 cm³/mol. The van der Waals surface area contributed by atoms with Gasteiger partial charge < -0.3 is 0 Å². The first-order valence-corrected chi connectivity index (χ1v) is 5.20. The normalized spacial score (nSPS) is 23.0. The van der Waals surface area contributed by atoms with E-state index in [4.69, 9.17) is 12.8 Å². The fourth-order valence-corrected chi connectivity index (χ4v) is 1.89. The van der Waals surface area contributed by atoms with E-state index in [0.717, 1.165) is 17.6 Å². The highest BCUT2D eigenvalue weighted by atomic mass is 14.3. The van der Waals surface area contributed by atoms with Crippen molar-refractivity contribution in [2.45, 2.75) is 11.8 Å². The average Bonchev–Trinajstić information content (AvgIpc) is 2.40. The molecule has 1 aliphatic carbocycles. The van der Waals surface area contributed by atoms with Crippen LogP contribution < -0.4 is 0 Å². The second-order valence-corrected chi connectivity index (χ2v) is 3.82. The summed E-state index contributed by atoms with van der Waals surface area (Å²) < 4.78 is 0. The van der Waals surface area contributed by atoms with Crippen LogP contribution in [-0.4, -0.2) is 0 Å². The van der Waals surface area contributed by atoms with Gasteiger partial charge in [0.15, 0.2) is 0 Å². The van der Waals surface area contributed by atoms with Gasteiger partial charge >= 0.3 is 0 Å². The highest BCUT2D eigenvalue weighted by molar-refractivity contribution is 5.49. The van der Waals surface area contributed by atoms with E-state index >= 15 is 0 Å². The maximum Gasteiger partial charge on any atom is 0.0778 e. The van der Waals surface area contributed by atoms with E-state index < -0.39 is 0 Å². The van der Waals surface area contributed by atoms with Crippen molar-refractivity contribution in [1.29, 1.82) is 0 Å². The Hall–Kier alpha value is -2.18. The van der Waals surface area contributed by atoms with Crippen molar-refractivity contribution >= 4 is 0 Å². The Morgan fingerprint density at radius 1 is 1.12 bits per heavy atom. The van der Waals surface area contributed by atoms with Gasteiger partial charge in [0.25, 0.3) is 0 Å². The molecule has 0 aromatic heterocycles. The van der Waals surface area contributed by atoms with E-state index in [-0.39, 0.29) is 5.41 Å². The van der Waals surface area contributed by atoms with Crippen molar-refractivity contribution in [3.63, 3.8) is 0 Å². The highest BCUT2D eigenvalue weighted by Crippen LogP contribution is 2.33. The molecular weight excluding hydrogens is 192 g/mol. The van der Waals surface area contributed by atoms with Crippen LogP contribution in [0.25, 0.3) is 0 Å². The fraction of sp³-hybridized carbons (Fsp3) is 0.125. The van der Waals surface area contributed by atoms with Crippen molar-refractivity contribution in [3.8, 4) is 24.7 Å². The molecule has 0 N–H and O–H groups in total. The van der Waals surface area contributed by atoms with Crippen molar-refractivity contribution in [3.05, 3.63) is 59.7 Å². The molecular formula is C16H12. The SMILES string of the molecule is C#CC1=CCC(C#C)(c2ccccc2)C=C1. The molecule has 0 saturated carbocycles. The summed E-state index contributed by atoms with van der Waals surface area (Å²) in [6, 6.07) is 10.1. The fourth-order valence-electron chi connectivity index (χ4n) is 1.89. The Morgan fingerprint density at radius 2 is 1.88 bits per heavy atom. The van der Waals surface area contributed by atoms with Crippen molar-refractivity contribution in [2.75, 3.05) is 0 Å². The molecule has 0 heterocycles. The first kappa shape index (κ1) is 10.3. The maximum atomic E-state index is 5.67. The second-order valence-electron chi connectivity index (χ2n) is 3.82. The molecule has 0 aliphatic heterocycles. The molecule has 1 unspecified atom stereocenters. The minimum atomic E-state index is -0.332. The standard InChI is InChI=1S/C16H12/c1-3-14-10-12-16(4-2,13-11-14)15-8-6-5-7-9-15/h1-2,5-12H,13H2. The van der Waals surface area contributed by atoms with Crippen LogP contribution in [0.2, 0.25) is 0 Å². The molecule has 1 aliphatic rings. The lowest BCUT2D eigenvalue weighted by Gasteiger charge is -2.26. The number of hydrogen-bond donors (Lipinski definition) is 0. The largest absolute Gasteiger partial charge is 0.119 e. The van der Waals surface area contributed by atoms with Crippen molar-refractivity contribution in [2.24, 2.45) is 0 Å². The van der Waals surface area contributed by atoms with Gasteiger partial charge in [0.05, 0.1) is 5.41 Å². The van der Waals surface area contributed by atoms with E-state index in [1.807, 2.05) is 36.4 Å². The van der Waals surface area contributed by atoms with Gasteiger partial charge in [0.1, 0.15) is 0 Å². The van der Waals surface area contributed by atoms with Gasteiger partial charge in [-0.2, -0.15) is 0 Å². The van der Waals surface area contributed by atoms with Gasteiger partial charge in [-0.15, -0.1) is 12.8 Å². The molecule has 1 aromatic rings. The average molecular weight is 204 g/mol. The number of rotatable bonds is 1. The van der Waals surface area contributed by atoms with Crippen molar-refractivity contribution in [1.82, 2.24) is 0 Å². The zero-order valence-electron chi connectivity index (χ0n) is 8.98. The number of benzene rings is 1. The van der Waals surface area contributed by atoms with Gasteiger partial charge in [-0.1, -0.05) is 54.3 Å². The first-order chi connectivity index (χ1) is 7.80. The molecule has 0 bridgehead atoms. The number of allylic oxidation sites excluding steroid dienone is 4. The molecule has 0 amide bonds. The minimum absolute atomic E-state index is 0.332. The summed E-state index contributed by atoms with van der Waals surface area (Å²) in [5, 5.41) is 0. The predicted octanol–water partition coefficient (Wildman–Crippen LogP) is 3.08. The molecule has 1 aromatic carbocycles. The molecule has 0 fully saturated rings. The Balaban J connectivity index is 2.41. The molecule has 0 saturated heterocycles. The minimum Gasteiger partial charge on any atom is -0.119 e. The van der Waals surface area contributed by atoms with Crippen LogP contribution in [0.1, 0.15) is 12.0 Å². The molecule has 0 heteroatoms. The molecule has 1 atom stereocenters. The van der Waals surface area contributed by atoms with E-state index in [2.05, 4.69) is 24.0 Å². The van der Waals surface area contributed by atoms with E-state index in [9.17, 15) is 0 Å². The van der Waals surface area contributed by atoms with Crippen LogP contribution in [0.5, 0.6) is 0 Å². The third-order valence-corrected chi connectivity index (χ3v) is 2.90. The zero-order valence-corrected chi connectivity index (χ0v) is 8.98. The molecule has 76 valence electrons. The summed E-state index contributed by atoms with van der Waals surface area (Å²) >= 11 is 0. The van der Waals surface area contributed by atoms with Gasteiger partial charge in [0.2, 0.25) is 0 Å². The van der Waals surface area contributed by atoms with E-state index in [1.165, 1.54) is 0 Å². The van der Waals surface area contributed by atoms with Gasteiger partial charge in [-0.25, -0.2) is 0 Å². The molecule has 0 spiro atoms. The monoisotopic (exact) mass is 204 g/mol. The number of terminal acetylenes is 2. The smallest absolute Gasteiger partial charge is 0.0778 e. The van der Waals surface area contributed by atoms with Gasteiger partial charge in [0, 0.05) is 5.57 Å². The summed E-state index contributed by atoms with van der Waals surface area (Å²) in [6.07, 6.45) is 17.8. The summed E-state index contributed by atoms with van der Waals surface area (Å²) in [6.45, 7) is 0. The molecule has 0 nitrogen and oxygen atoms in total. The first-order valence-electron chi connectivity index (χ1n) is 5.20. The lowest BCUT2D eigenvalue weighted by molar-refractivity contribution is 0.700. The lowest BCUT2D eigenvalue weighted by Crippen LogP contribution is -2.22. The third-order valence-electron chi connectivity index (χ3n) is 2.90. The summed E-state index contributed by atoms with van der Waals surface area (Å²) in [4.78, 5) is 0. The Bertz CT molecular complexity index is 517. The molecule has 16 heavy (non-hydrogen) atoms. The van der Waals surface area contributed by atoms with E-state index in [0.29, 0.717) is 0 Å². The zero-order chi connectivity index (χ0) is 11.4. The van der Waals surface area contributed by atoms with E-state index in [1.54, 1.807) is 0 Å². The Morgan fingerprint density at radius 3 is 2.38 bits per heavy atom. The lowest BCUT2D eigenvalue weighted by atomic mass is 9.75. The maximum absolute atomic E-state index is 5.67. The van der Waals surface area contributed by atoms with Crippen molar-refractivity contribution < 1.29 is 0 Å². The third kappa shape index (κ3) is 1.67. The number of hydrogen-bond acceptors (Lipinski definition) is 0. The van der Waals surface area contributed by atoms with Crippen LogP contribution in [0, 0.1) is 24.7 Å². The molecule has 0 radical (unpaired) electrons. The highest BCUT2D eigenvalue weighted by Gasteiger charge is 2.27. The van der Waals surface area contributed by atoms with Crippen LogP contribution in [0.4, 0.5) is 0 Å². The van der Waals surface area contributed by atoms with Crippen LogP contribution in [0.15, 0.2) is 54.1 Å². The summed E-state index contributed by atoms with van der Waals surface area (Å²) in [7, 11) is 0. The van der Waals surface area contributed by atoms with Crippen LogP contribution in [-0.2, 0) is 5.41 Å².